The molecule has 0 heterocycles. The first-order valence-corrected chi connectivity index (χ1v) is 5.46. The van der Waals surface area contributed by atoms with E-state index in [1.165, 1.54) is 11.1 Å². The fourth-order valence-electron chi connectivity index (χ4n) is 1.60. The third kappa shape index (κ3) is 2.63. The molecule has 0 amide bonds. The molecular weight excluding hydrogens is 194 g/mol. The highest BCUT2D eigenvalue weighted by molar-refractivity contribution is 5.52. The van der Waals surface area contributed by atoms with Gasteiger partial charge < -0.3 is 5.32 Å². The first-order chi connectivity index (χ1) is 7.75. The summed E-state index contributed by atoms with van der Waals surface area (Å²) in [4.78, 5) is 0. The number of aryl methyl sites for hydroxylation is 1. The standard InChI is InChI=1S/C15H16N/c1-12-7-9-14(10-8-12)11-16-15-6-4-3-5-13(15)2/h3-10,16H,2,11H2,1H3. The highest BCUT2D eigenvalue weighted by Crippen LogP contribution is 2.14. The van der Waals surface area contributed by atoms with Crippen LogP contribution in [-0.2, 0) is 6.54 Å². The molecular formula is C15H16N. The molecule has 1 heteroatoms. The number of hydrogen-bond acceptors (Lipinski definition) is 1. The molecule has 0 unspecified atom stereocenters. The van der Waals surface area contributed by atoms with Gasteiger partial charge in [-0.05, 0) is 31.0 Å². The molecule has 2 aromatic carbocycles. The van der Waals surface area contributed by atoms with Gasteiger partial charge >= 0.3 is 0 Å². The zero-order chi connectivity index (χ0) is 11.4. The zero-order valence-electron chi connectivity index (χ0n) is 9.53. The Kier molecular flexibility index (Phi) is 3.25. The van der Waals surface area contributed by atoms with Crippen molar-refractivity contribution in [1.82, 2.24) is 0 Å². The Morgan fingerprint density at radius 3 is 2.38 bits per heavy atom. The molecule has 0 aliphatic rings. The van der Waals surface area contributed by atoms with Crippen LogP contribution in [0.4, 0.5) is 5.69 Å². The van der Waals surface area contributed by atoms with Gasteiger partial charge in [-0.2, -0.15) is 0 Å². The predicted octanol–water partition coefficient (Wildman–Crippen LogP) is 3.79. The van der Waals surface area contributed by atoms with Crippen molar-refractivity contribution >= 4 is 5.69 Å². The second kappa shape index (κ2) is 4.84. The fourth-order valence-corrected chi connectivity index (χ4v) is 1.60. The summed E-state index contributed by atoms with van der Waals surface area (Å²) in [6.45, 7) is 6.92. The lowest BCUT2D eigenvalue weighted by Crippen LogP contribution is -2.00. The summed E-state index contributed by atoms with van der Waals surface area (Å²) in [5.41, 5.74) is 4.72. The van der Waals surface area contributed by atoms with E-state index in [0.717, 1.165) is 17.8 Å². The number of rotatable bonds is 3. The maximum absolute atomic E-state index is 3.98. The van der Waals surface area contributed by atoms with Gasteiger partial charge in [0.1, 0.15) is 0 Å². The van der Waals surface area contributed by atoms with Crippen LogP contribution in [0.5, 0.6) is 0 Å². The average molecular weight is 210 g/mol. The molecule has 2 rings (SSSR count). The van der Waals surface area contributed by atoms with Gasteiger partial charge in [0.25, 0.3) is 0 Å². The number of anilines is 1. The molecule has 0 atom stereocenters. The minimum Gasteiger partial charge on any atom is -0.381 e. The second-order valence-electron chi connectivity index (χ2n) is 4.00. The van der Waals surface area contributed by atoms with E-state index >= 15 is 0 Å². The Hall–Kier alpha value is -1.76. The van der Waals surface area contributed by atoms with Gasteiger partial charge in [0, 0.05) is 12.2 Å². The second-order valence-corrected chi connectivity index (χ2v) is 4.00. The van der Waals surface area contributed by atoms with E-state index < -0.39 is 0 Å². The number of nitrogens with one attached hydrogen (secondary N) is 1. The average Bonchev–Trinajstić information content (AvgIpc) is 2.30. The molecule has 0 spiro atoms. The molecule has 0 aliphatic carbocycles. The van der Waals surface area contributed by atoms with Gasteiger partial charge in [0.2, 0.25) is 0 Å². The Labute approximate surface area is 97.1 Å². The zero-order valence-corrected chi connectivity index (χ0v) is 9.53. The van der Waals surface area contributed by atoms with Gasteiger partial charge in [0.15, 0.2) is 0 Å². The monoisotopic (exact) mass is 210 g/mol. The normalized spacial score (nSPS) is 10.1. The Morgan fingerprint density at radius 1 is 1.00 bits per heavy atom. The van der Waals surface area contributed by atoms with Crippen LogP contribution in [0.1, 0.15) is 16.7 Å². The van der Waals surface area contributed by atoms with Crippen LogP contribution in [0.25, 0.3) is 0 Å². The van der Waals surface area contributed by atoms with Crippen molar-refractivity contribution in [2.24, 2.45) is 0 Å². The van der Waals surface area contributed by atoms with Crippen LogP contribution in [0.15, 0.2) is 48.5 Å². The Bertz CT molecular complexity index is 457. The summed E-state index contributed by atoms with van der Waals surface area (Å²) >= 11 is 0. The van der Waals surface area contributed by atoms with Crippen molar-refractivity contribution < 1.29 is 0 Å². The molecule has 0 bridgehead atoms. The highest BCUT2D eigenvalue weighted by Gasteiger charge is 1.96. The molecule has 0 aliphatic heterocycles. The summed E-state index contributed by atoms with van der Waals surface area (Å²) in [6, 6.07) is 16.6. The van der Waals surface area contributed by atoms with Crippen LogP contribution in [0.3, 0.4) is 0 Å². The smallest absolute Gasteiger partial charge is 0.0400 e. The van der Waals surface area contributed by atoms with E-state index in [-0.39, 0.29) is 0 Å². The Morgan fingerprint density at radius 2 is 1.69 bits per heavy atom. The van der Waals surface area contributed by atoms with Crippen molar-refractivity contribution in [3.63, 3.8) is 0 Å². The predicted molar refractivity (Wildman–Crippen MR) is 69.4 cm³/mol. The summed E-state index contributed by atoms with van der Waals surface area (Å²) in [5.74, 6) is 0. The third-order valence-electron chi connectivity index (χ3n) is 2.62. The van der Waals surface area contributed by atoms with Gasteiger partial charge in [0.05, 0.1) is 0 Å². The number of benzene rings is 2. The minimum absolute atomic E-state index is 0.840. The lowest BCUT2D eigenvalue weighted by Gasteiger charge is -2.09. The van der Waals surface area contributed by atoms with Crippen molar-refractivity contribution in [3.8, 4) is 0 Å². The lowest BCUT2D eigenvalue weighted by atomic mass is 10.1. The third-order valence-corrected chi connectivity index (χ3v) is 2.62. The highest BCUT2D eigenvalue weighted by atomic mass is 14.9. The van der Waals surface area contributed by atoms with E-state index in [4.69, 9.17) is 0 Å². The van der Waals surface area contributed by atoms with E-state index in [2.05, 4.69) is 49.5 Å². The molecule has 81 valence electrons. The lowest BCUT2D eigenvalue weighted by molar-refractivity contribution is 1.14. The summed E-state index contributed by atoms with van der Waals surface area (Å²) in [7, 11) is 0. The first kappa shape index (κ1) is 10.7. The summed E-state index contributed by atoms with van der Waals surface area (Å²) in [5, 5.41) is 3.39. The maximum Gasteiger partial charge on any atom is 0.0400 e. The molecule has 0 aromatic heterocycles. The van der Waals surface area contributed by atoms with Crippen LogP contribution >= 0.6 is 0 Å². The maximum atomic E-state index is 3.98. The quantitative estimate of drug-likeness (QED) is 0.812. The van der Waals surface area contributed by atoms with Crippen LogP contribution in [0.2, 0.25) is 0 Å². The molecule has 16 heavy (non-hydrogen) atoms. The summed E-state index contributed by atoms with van der Waals surface area (Å²) in [6.07, 6.45) is 0. The van der Waals surface area contributed by atoms with E-state index in [1.807, 2.05) is 18.2 Å². The Balaban J connectivity index is 2.02. The number of para-hydroxylation sites is 1. The summed E-state index contributed by atoms with van der Waals surface area (Å²) < 4.78 is 0. The molecule has 0 saturated heterocycles. The van der Waals surface area contributed by atoms with Gasteiger partial charge in [-0.25, -0.2) is 0 Å². The van der Waals surface area contributed by atoms with Crippen LogP contribution in [0, 0.1) is 13.8 Å². The van der Waals surface area contributed by atoms with Crippen LogP contribution < -0.4 is 5.32 Å². The van der Waals surface area contributed by atoms with E-state index in [0.29, 0.717) is 0 Å². The fraction of sp³-hybridized carbons (Fsp3) is 0.133. The van der Waals surface area contributed by atoms with Gasteiger partial charge in [-0.1, -0.05) is 48.0 Å². The largest absolute Gasteiger partial charge is 0.381 e. The van der Waals surface area contributed by atoms with Gasteiger partial charge in [-0.15, -0.1) is 0 Å². The molecule has 1 radical (unpaired) electrons. The SMILES string of the molecule is [CH2]c1ccccc1NCc1ccc(C)cc1. The molecule has 1 N–H and O–H groups in total. The number of hydrogen-bond donors (Lipinski definition) is 1. The van der Waals surface area contributed by atoms with Crippen LogP contribution in [-0.4, -0.2) is 0 Å². The van der Waals surface area contributed by atoms with Gasteiger partial charge in [-0.3, -0.25) is 0 Å². The minimum atomic E-state index is 0.840. The van der Waals surface area contributed by atoms with E-state index in [1.54, 1.807) is 0 Å². The molecule has 1 nitrogen and oxygen atoms in total. The van der Waals surface area contributed by atoms with Crippen molar-refractivity contribution in [2.45, 2.75) is 13.5 Å². The van der Waals surface area contributed by atoms with Crippen molar-refractivity contribution in [1.29, 1.82) is 0 Å². The van der Waals surface area contributed by atoms with E-state index in [9.17, 15) is 0 Å². The van der Waals surface area contributed by atoms with Crippen molar-refractivity contribution in [3.05, 3.63) is 72.1 Å². The topological polar surface area (TPSA) is 12.0 Å². The molecule has 0 fully saturated rings. The van der Waals surface area contributed by atoms with Crippen molar-refractivity contribution in [2.75, 3.05) is 5.32 Å². The molecule has 0 saturated carbocycles. The molecule has 2 aromatic rings. The first-order valence-electron chi connectivity index (χ1n) is 5.46.